The van der Waals surface area contributed by atoms with Gasteiger partial charge in [-0.15, -0.1) is 0 Å². The SMILES string of the molecule is COC(=O)N(Cc1ccccc1)/N=C/C(=O)c1c([N+](=O)[O-])ncn1Cc1ccccc1. The van der Waals surface area contributed by atoms with E-state index in [2.05, 4.69) is 10.1 Å². The fourth-order valence-corrected chi connectivity index (χ4v) is 2.85. The van der Waals surface area contributed by atoms with Crippen LogP contribution in [0, 0.1) is 10.1 Å². The first-order chi connectivity index (χ1) is 15.0. The first kappa shape index (κ1) is 21.4. The maximum atomic E-state index is 12.8. The first-order valence-electron chi connectivity index (χ1n) is 9.20. The Balaban J connectivity index is 1.87. The minimum atomic E-state index is -0.778. The number of nitrogens with zero attached hydrogens (tertiary/aromatic N) is 5. The molecule has 0 aliphatic heterocycles. The predicted molar refractivity (Wildman–Crippen MR) is 112 cm³/mol. The summed E-state index contributed by atoms with van der Waals surface area (Å²) < 4.78 is 6.08. The molecular formula is C21H19N5O5. The van der Waals surface area contributed by atoms with Crippen molar-refractivity contribution in [3.8, 4) is 0 Å². The van der Waals surface area contributed by atoms with Crippen molar-refractivity contribution in [1.29, 1.82) is 0 Å². The molecular weight excluding hydrogens is 402 g/mol. The Morgan fingerprint density at radius 3 is 2.32 bits per heavy atom. The number of rotatable bonds is 8. The van der Waals surface area contributed by atoms with Crippen LogP contribution in [0.4, 0.5) is 10.6 Å². The summed E-state index contributed by atoms with van der Waals surface area (Å²) in [4.78, 5) is 39.3. The highest BCUT2D eigenvalue weighted by molar-refractivity contribution is 6.35. The summed E-state index contributed by atoms with van der Waals surface area (Å²) in [6.45, 7) is 0.268. The number of hydrazone groups is 1. The third-order valence-electron chi connectivity index (χ3n) is 4.30. The third-order valence-corrected chi connectivity index (χ3v) is 4.30. The average molecular weight is 421 g/mol. The van der Waals surface area contributed by atoms with Crippen LogP contribution < -0.4 is 0 Å². The lowest BCUT2D eigenvalue weighted by Gasteiger charge is -2.15. The Kier molecular flexibility index (Phi) is 6.84. The lowest BCUT2D eigenvalue weighted by atomic mass is 10.2. The number of nitro groups is 1. The highest BCUT2D eigenvalue weighted by Crippen LogP contribution is 2.18. The highest BCUT2D eigenvalue weighted by atomic mass is 16.6. The molecule has 0 aliphatic carbocycles. The molecule has 0 fully saturated rings. The Labute approximate surface area is 177 Å². The van der Waals surface area contributed by atoms with Gasteiger partial charge in [-0.05, 0) is 21.0 Å². The van der Waals surface area contributed by atoms with E-state index in [1.807, 2.05) is 36.4 Å². The van der Waals surface area contributed by atoms with Crippen molar-refractivity contribution < 1.29 is 19.2 Å². The molecule has 0 radical (unpaired) electrons. The Morgan fingerprint density at radius 1 is 1.13 bits per heavy atom. The number of ether oxygens (including phenoxy) is 1. The molecule has 10 heteroatoms. The number of hydrogen-bond donors (Lipinski definition) is 0. The maximum absolute atomic E-state index is 12.8. The van der Waals surface area contributed by atoms with Crippen molar-refractivity contribution in [2.45, 2.75) is 13.1 Å². The highest BCUT2D eigenvalue weighted by Gasteiger charge is 2.27. The summed E-state index contributed by atoms with van der Waals surface area (Å²) >= 11 is 0. The summed E-state index contributed by atoms with van der Waals surface area (Å²) in [5, 5.41) is 16.2. The van der Waals surface area contributed by atoms with Crippen LogP contribution in [0.3, 0.4) is 0 Å². The summed E-state index contributed by atoms with van der Waals surface area (Å²) in [7, 11) is 1.19. The van der Waals surface area contributed by atoms with E-state index in [1.165, 1.54) is 18.0 Å². The van der Waals surface area contributed by atoms with Gasteiger partial charge in [0.05, 0.1) is 26.4 Å². The number of hydrogen-bond acceptors (Lipinski definition) is 7. The molecule has 31 heavy (non-hydrogen) atoms. The van der Waals surface area contributed by atoms with Crippen molar-refractivity contribution in [3.63, 3.8) is 0 Å². The standard InChI is InChI=1S/C21H19N5O5/c1-31-21(28)25(14-17-10-6-3-7-11-17)23-12-18(27)19-20(26(29)30)22-15-24(19)13-16-8-4-2-5-9-16/h2-12,15H,13-14H2,1H3/b23-12+. The van der Waals surface area contributed by atoms with Gasteiger partial charge in [-0.1, -0.05) is 60.7 Å². The van der Waals surface area contributed by atoms with Gasteiger partial charge in [0.25, 0.3) is 0 Å². The number of Topliss-reactive ketones (excluding diaryl/α,β-unsaturated/α-hetero) is 1. The minimum Gasteiger partial charge on any atom is -0.451 e. The monoisotopic (exact) mass is 421 g/mol. The number of carbonyl (C=O) groups excluding carboxylic acids is 2. The molecule has 0 atom stereocenters. The second-order valence-corrected chi connectivity index (χ2v) is 6.41. The van der Waals surface area contributed by atoms with Gasteiger partial charge >= 0.3 is 11.9 Å². The summed E-state index contributed by atoms with van der Waals surface area (Å²) in [6, 6.07) is 18.1. The molecule has 158 valence electrons. The molecule has 1 amide bonds. The molecule has 10 nitrogen and oxygen atoms in total. The van der Waals surface area contributed by atoms with E-state index in [0.29, 0.717) is 0 Å². The second-order valence-electron chi connectivity index (χ2n) is 6.41. The Bertz CT molecular complexity index is 1100. The molecule has 3 rings (SSSR count). The molecule has 1 heterocycles. The summed E-state index contributed by atoms with van der Waals surface area (Å²) in [5.41, 5.74) is 1.36. The quantitative estimate of drug-likeness (QED) is 0.238. The van der Waals surface area contributed by atoms with Crippen molar-refractivity contribution in [2.24, 2.45) is 5.10 Å². The molecule has 0 unspecified atom stereocenters. The van der Waals surface area contributed by atoms with Gasteiger partial charge in [0.2, 0.25) is 12.1 Å². The van der Waals surface area contributed by atoms with E-state index in [0.717, 1.165) is 22.4 Å². The van der Waals surface area contributed by atoms with Crippen LogP contribution in [0.2, 0.25) is 0 Å². The van der Waals surface area contributed by atoms with E-state index in [4.69, 9.17) is 4.74 Å². The topological polar surface area (TPSA) is 120 Å². The van der Waals surface area contributed by atoms with Crippen molar-refractivity contribution in [3.05, 3.63) is 93.9 Å². The van der Waals surface area contributed by atoms with Gasteiger partial charge in [-0.3, -0.25) is 9.36 Å². The van der Waals surface area contributed by atoms with Gasteiger partial charge in [-0.2, -0.15) is 10.1 Å². The third kappa shape index (κ3) is 5.38. The molecule has 0 bridgehead atoms. The average Bonchev–Trinajstić information content (AvgIpc) is 3.21. The number of imidazole rings is 1. The smallest absolute Gasteiger partial charge is 0.430 e. The fraction of sp³-hybridized carbons (Fsp3) is 0.143. The van der Waals surface area contributed by atoms with Crippen LogP contribution in [0.15, 0.2) is 72.1 Å². The molecule has 0 spiro atoms. The fourth-order valence-electron chi connectivity index (χ4n) is 2.85. The predicted octanol–water partition coefficient (Wildman–Crippen LogP) is 3.28. The van der Waals surface area contributed by atoms with Crippen LogP contribution in [0.5, 0.6) is 0 Å². The number of aromatic nitrogens is 2. The molecule has 0 saturated carbocycles. The van der Waals surface area contributed by atoms with Crippen LogP contribution in [0.25, 0.3) is 0 Å². The van der Waals surface area contributed by atoms with Crippen LogP contribution >= 0.6 is 0 Å². The Hall–Kier alpha value is -4.34. The lowest BCUT2D eigenvalue weighted by molar-refractivity contribution is -0.389. The normalized spacial score (nSPS) is 10.7. The van der Waals surface area contributed by atoms with E-state index in [-0.39, 0.29) is 18.8 Å². The van der Waals surface area contributed by atoms with Gasteiger partial charge < -0.3 is 14.9 Å². The molecule has 0 saturated heterocycles. The summed E-state index contributed by atoms with van der Waals surface area (Å²) in [6.07, 6.45) is 1.31. The number of methoxy groups -OCH3 is 1. The number of benzene rings is 2. The van der Waals surface area contributed by atoms with E-state index >= 15 is 0 Å². The van der Waals surface area contributed by atoms with Gasteiger partial charge in [0.1, 0.15) is 0 Å². The zero-order valence-corrected chi connectivity index (χ0v) is 16.6. The van der Waals surface area contributed by atoms with Crippen LogP contribution in [-0.2, 0) is 17.8 Å². The van der Waals surface area contributed by atoms with E-state index < -0.39 is 22.6 Å². The van der Waals surface area contributed by atoms with E-state index in [9.17, 15) is 19.7 Å². The minimum absolute atomic E-state index is 0.0582. The zero-order valence-electron chi connectivity index (χ0n) is 16.6. The summed E-state index contributed by atoms with van der Waals surface area (Å²) in [5.74, 6) is -1.35. The number of amides is 1. The molecule has 3 aromatic rings. The number of carbonyl (C=O) groups is 2. The van der Waals surface area contributed by atoms with Crippen molar-refractivity contribution >= 4 is 23.9 Å². The van der Waals surface area contributed by atoms with Gasteiger partial charge in [0.15, 0.2) is 5.69 Å². The van der Waals surface area contributed by atoms with Crippen LogP contribution in [0.1, 0.15) is 21.6 Å². The Morgan fingerprint density at radius 2 is 1.74 bits per heavy atom. The maximum Gasteiger partial charge on any atom is 0.430 e. The van der Waals surface area contributed by atoms with Gasteiger partial charge in [0, 0.05) is 0 Å². The van der Waals surface area contributed by atoms with Crippen LogP contribution in [-0.4, -0.2) is 44.7 Å². The molecule has 1 aromatic heterocycles. The lowest BCUT2D eigenvalue weighted by Crippen LogP contribution is -2.26. The largest absolute Gasteiger partial charge is 0.451 e. The van der Waals surface area contributed by atoms with E-state index in [1.54, 1.807) is 24.3 Å². The molecule has 0 aliphatic rings. The van der Waals surface area contributed by atoms with Crippen molar-refractivity contribution in [2.75, 3.05) is 7.11 Å². The number of ketones is 1. The second kappa shape index (κ2) is 9.92. The first-order valence-corrected chi connectivity index (χ1v) is 9.20. The molecule has 0 N–H and O–H groups in total. The zero-order chi connectivity index (χ0) is 22.2. The molecule has 2 aromatic carbocycles. The van der Waals surface area contributed by atoms with Crippen molar-refractivity contribution in [1.82, 2.24) is 14.6 Å². The van der Waals surface area contributed by atoms with Gasteiger partial charge in [-0.25, -0.2) is 4.79 Å².